The first-order chi connectivity index (χ1) is 10.0. The number of amides is 1. The van der Waals surface area contributed by atoms with Gasteiger partial charge >= 0.3 is 7.12 Å². The molecule has 1 saturated heterocycles. The van der Waals surface area contributed by atoms with Crippen molar-refractivity contribution in [2.24, 2.45) is 11.5 Å². The summed E-state index contributed by atoms with van der Waals surface area (Å²) < 4.78 is 12.1. The minimum absolute atomic E-state index is 0.165. The molecule has 1 aromatic rings. The summed E-state index contributed by atoms with van der Waals surface area (Å²) in [6.07, 6.45) is 0. The van der Waals surface area contributed by atoms with Crippen LogP contribution in [0.25, 0.3) is 0 Å². The molecule has 0 atom stereocenters. The molecule has 2 aliphatic rings. The van der Waals surface area contributed by atoms with Gasteiger partial charge in [0.15, 0.2) is 0 Å². The second-order valence-electron chi connectivity index (χ2n) is 7.12. The molecule has 6 nitrogen and oxygen atoms in total. The first kappa shape index (κ1) is 15.5. The lowest BCUT2D eigenvalue weighted by Crippen LogP contribution is -2.59. The van der Waals surface area contributed by atoms with Crippen molar-refractivity contribution in [3.8, 4) is 0 Å². The third kappa shape index (κ3) is 2.25. The molecule has 7 heteroatoms. The van der Waals surface area contributed by atoms with E-state index >= 15 is 0 Å². The van der Waals surface area contributed by atoms with Gasteiger partial charge in [-0.3, -0.25) is 4.79 Å². The minimum atomic E-state index is -1.09. The lowest BCUT2D eigenvalue weighted by Gasteiger charge is -2.32. The zero-order valence-electron chi connectivity index (χ0n) is 13.4. The molecule has 0 saturated carbocycles. The van der Waals surface area contributed by atoms with Gasteiger partial charge in [0.25, 0.3) is 5.91 Å². The summed E-state index contributed by atoms with van der Waals surface area (Å²) in [5.41, 5.74) is 12.2. The molecule has 0 unspecified atom stereocenters. The maximum atomic E-state index is 11.9. The maximum Gasteiger partial charge on any atom is 0.494 e. The Hall–Kier alpha value is -1.41. The molecule has 0 aliphatic carbocycles. The summed E-state index contributed by atoms with van der Waals surface area (Å²) in [4.78, 5) is 11.9. The molecular weight excluding hydrogens is 281 g/mol. The smallest absolute Gasteiger partial charge is 0.399 e. The molecule has 3 rings (SSSR count). The summed E-state index contributed by atoms with van der Waals surface area (Å²) in [6, 6.07) is 5.36. The summed E-state index contributed by atoms with van der Waals surface area (Å²) >= 11 is 0. The second kappa shape index (κ2) is 4.55. The molecule has 2 aliphatic heterocycles. The molecule has 22 heavy (non-hydrogen) atoms. The van der Waals surface area contributed by atoms with Gasteiger partial charge in [-0.1, -0.05) is 12.1 Å². The molecule has 1 fully saturated rings. The number of benzene rings is 1. The van der Waals surface area contributed by atoms with Gasteiger partial charge in [-0.25, -0.2) is 0 Å². The Balaban J connectivity index is 2.00. The van der Waals surface area contributed by atoms with Crippen molar-refractivity contribution in [1.29, 1.82) is 0 Å². The lowest BCUT2D eigenvalue weighted by molar-refractivity contribution is 0.00578. The van der Waals surface area contributed by atoms with E-state index in [1.54, 1.807) is 6.07 Å². The van der Waals surface area contributed by atoms with Crippen molar-refractivity contribution in [2.45, 2.75) is 44.6 Å². The Morgan fingerprint density at radius 3 is 2.32 bits per heavy atom. The number of nitrogens with one attached hydrogen (secondary N) is 1. The highest BCUT2D eigenvalue weighted by Crippen LogP contribution is 2.36. The molecule has 0 radical (unpaired) electrons. The van der Waals surface area contributed by atoms with Crippen LogP contribution in [0.1, 0.15) is 43.6 Å². The van der Waals surface area contributed by atoms with Crippen LogP contribution in [0.3, 0.4) is 0 Å². The zero-order chi connectivity index (χ0) is 16.3. The van der Waals surface area contributed by atoms with Crippen LogP contribution in [0.15, 0.2) is 18.2 Å². The standard InChI is InChI=1S/C15H22BN3O3/c1-13(2)14(3,4)22-16(21-13)9-5-6-10-11(7-9)15(17,18)8-19-12(10)20/h5-7H,8,17-18H2,1-4H3,(H,19,20). The van der Waals surface area contributed by atoms with E-state index in [0.29, 0.717) is 11.1 Å². The molecule has 5 N–H and O–H groups in total. The fraction of sp³-hybridized carbons (Fsp3) is 0.533. The first-order valence-corrected chi connectivity index (χ1v) is 7.39. The van der Waals surface area contributed by atoms with E-state index in [0.717, 1.165) is 5.46 Å². The molecule has 2 heterocycles. The quantitative estimate of drug-likeness (QED) is 0.493. The Bertz CT molecular complexity index is 627. The van der Waals surface area contributed by atoms with Crippen LogP contribution in [0.5, 0.6) is 0 Å². The largest absolute Gasteiger partial charge is 0.494 e. The van der Waals surface area contributed by atoms with Crippen molar-refractivity contribution in [2.75, 3.05) is 6.54 Å². The number of fused-ring (bicyclic) bond motifs is 1. The molecular formula is C15H22BN3O3. The minimum Gasteiger partial charge on any atom is -0.399 e. The third-order valence-corrected chi connectivity index (χ3v) is 4.86. The van der Waals surface area contributed by atoms with Gasteiger partial charge in [0.2, 0.25) is 0 Å². The number of carbonyl (C=O) groups is 1. The summed E-state index contributed by atoms with van der Waals surface area (Å²) in [5.74, 6) is -0.165. The van der Waals surface area contributed by atoms with Gasteiger partial charge < -0.3 is 26.1 Å². The highest BCUT2D eigenvalue weighted by molar-refractivity contribution is 6.62. The van der Waals surface area contributed by atoms with Crippen LogP contribution in [0.2, 0.25) is 0 Å². The molecule has 0 bridgehead atoms. The van der Waals surface area contributed by atoms with E-state index < -0.39 is 24.0 Å². The van der Waals surface area contributed by atoms with E-state index in [1.807, 2.05) is 39.8 Å². The maximum absolute atomic E-state index is 11.9. The van der Waals surface area contributed by atoms with Gasteiger partial charge in [0.1, 0.15) is 5.66 Å². The summed E-state index contributed by atoms with van der Waals surface area (Å²) in [7, 11) is -0.504. The average Bonchev–Trinajstić information content (AvgIpc) is 2.63. The highest BCUT2D eigenvalue weighted by atomic mass is 16.7. The van der Waals surface area contributed by atoms with Crippen molar-refractivity contribution in [1.82, 2.24) is 5.32 Å². The van der Waals surface area contributed by atoms with Crippen LogP contribution in [-0.2, 0) is 15.0 Å². The van der Waals surface area contributed by atoms with Gasteiger partial charge in [-0.15, -0.1) is 0 Å². The first-order valence-electron chi connectivity index (χ1n) is 7.39. The predicted octanol–water partition coefficient (Wildman–Crippen LogP) is -0.201. The van der Waals surface area contributed by atoms with Crippen LogP contribution in [-0.4, -0.2) is 30.8 Å². The topological polar surface area (TPSA) is 99.6 Å². The van der Waals surface area contributed by atoms with E-state index in [4.69, 9.17) is 20.8 Å². The average molecular weight is 303 g/mol. The van der Waals surface area contributed by atoms with Crippen LogP contribution in [0.4, 0.5) is 0 Å². The second-order valence-corrected chi connectivity index (χ2v) is 7.12. The number of nitrogens with two attached hydrogens (primary N) is 2. The fourth-order valence-electron chi connectivity index (χ4n) is 2.69. The Labute approximate surface area is 130 Å². The number of hydrogen-bond donors (Lipinski definition) is 3. The van der Waals surface area contributed by atoms with Gasteiger partial charge in [0, 0.05) is 11.1 Å². The van der Waals surface area contributed by atoms with E-state index in [2.05, 4.69) is 5.32 Å². The molecule has 1 amide bonds. The highest BCUT2D eigenvalue weighted by Gasteiger charge is 2.52. The van der Waals surface area contributed by atoms with Crippen molar-refractivity contribution < 1.29 is 14.1 Å². The molecule has 1 aromatic carbocycles. The lowest BCUT2D eigenvalue weighted by atomic mass is 9.75. The number of carbonyl (C=O) groups excluding carboxylic acids is 1. The van der Waals surface area contributed by atoms with Crippen LogP contribution in [0, 0.1) is 0 Å². The number of hydrogen-bond acceptors (Lipinski definition) is 5. The molecule has 118 valence electrons. The summed E-state index contributed by atoms with van der Waals surface area (Å²) in [5, 5.41) is 2.69. The summed E-state index contributed by atoms with van der Waals surface area (Å²) in [6.45, 7) is 8.18. The van der Waals surface area contributed by atoms with Crippen molar-refractivity contribution >= 4 is 18.5 Å². The van der Waals surface area contributed by atoms with Gasteiger partial charge in [0.05, 0.1) is 17.7 Å². The fourth-order valence-corrected chi connectivity index (χ4v) is 2.69. The Morgan fingerprint density at radius 2 is 1.73 bits per heavy atom. The molecule has 0 aromatic heterocycles. The zero-order valence-corrected chi connectivity index (χ0v) is 13.4. The van der Waals surface area contributed by atoms with Gasteiger partial charge in [-0.05, 0) is 39.2 Å². The Morgan fingerprint density at radius 1 is 1.14 bits per heavy atom. The van der Waals surface area contributed by atoms with Crippen molar-refractivity contribution in [3.63, 3.8) is 0 Å². The number of rotatable bonds is 1. The van der Waals surface area contributed by atoms with Gasteiger partial charge in [-0.2, -0.15) is 0 Å². The van der Waals surface area contributed by atoms with Crippen molar-refractivity contribution in [3.05, 3.63) is 29.3 Å². The molecule has 0 spiro atoms. The SMILES string of the molecule is CC1(C)OB(c2ccc3c(c2)C(N)(N)CNC3=O)OC1(C)C. The third-order valence-electron chi connectivity index (χ3n) is 4.86. The van der Waals surface area contributed by atoms with E-state index in [9.17, 15) is 4.79 Å². The normalized spacial score (nSPS) is 24.8. The van der Waals surface area contributed by atoms with Crippen LogP contribution < -0.4 is 22.2 Å². The van der Waals surface area contributed by atoms with E-state index in [-0.39, 0.29) is 12.5 Å². The van der Waals surface area contributed by atoms with Crippen LogP contribution >= 0.6 is 0 Å². The predicted molar refractivity (Wildman–Crippen MR) is 84.5 cm³/mol. The monoisotopic (exact) mass is 303 g/mol. The van der Waals surface area contributed by atoms with E-state index in [1.165, 1.54) is 0 Å². The Kier molecular flexibility index (Phi) is 3.20.